The summed E-state index contributed by atoms with van der Waals surface area (Å²) in [7, 11) is 1.37. The van der Waals surface area contributed by atoms with Crippen LogP contribution in [0.15, 0.2) is 21.9 Å². The van der Waals surface area contributed by atoms with Crippen molar-refractivity contribution in [3.63, 3.8) is 0 Å². The Morgan fingerprint density at radius 3 is 2.72 bits per heavy atom. The second-order valence-electron chi connectivity index (χ2n) is 4.47. The zero-order valence-electron chi connectivity index (χ0n) is 10.1. The van der Waals surface area contributed by atoms with Gasteiger partial charge < -0.3 is 10.0 Å². The summed E-state index contributed by atoms with van der Waals surface area (Å²) in [5, 5.41) is 8.86. The van der Waals surface area contributed by atoms with Crippen LogP contribution in [0.4, 0.5) is 0 Å². The number of nitrogens with zero attached hydrogens (tertiary/aromatic N) is 3. The molecule has 0 aromatic carbocycles. The molecule has 7 heteroatoms. The molecule has 1 aromatic rings. The largest absolute Gasteiger partial charge is 0.396 e. The van der Waals surface area contributed by atoms with Crippen molar-refractivity contribution in [3.05, 3.63) is 33.1 Å². The Bertz CT molecular complexity index is 568. The first kappa shape index (κ1) is 12.6. The van der Waals surface area contributed by atoms with Crippen LogP contribution in [0.3, 0.4) is 0 Å². The molecule has 1 aliphatic rings. The van der Waals surface area contributed by atoms with Crippen molar-refractivity contribution >= 4 is 5.91 Å². The van der Waals surface area contributed by atoms with Gasteiger partial charge >= 0.3 is 5.69 Å². The quantitative estimate of drug-likeness (QED) is 0.675. The topological polar surface area (TPSA) is 84.5 Å². The van der Waals surface area contributed by atoms with E-state index >= 15 is 0 Å². The van der Waals surface area contributed by atoms with Crippen molar-refractivity contribution in [1.29, 1.82) is 0 Å². The zero-order chi connectivity index (χ0) is 13.3. The normalized spacial score (nSPS) is 15.6. The van der Waals surface area contributed by atoms with E-state index in [4.69, 9.17) is 5.11 Å². The molecule has 0 unspecified atom stereocenters. The first-order valence-corrected chi connectivity index (χ1v) is 5.68. The van der Waals surface area contributed by atoms with Gasteiger partial charge in [-0.2, -0.15) is 0 Å². The fourth-order valence-corrected chi connectivity index (χ4v) is 1.87. The molecule has 18 heavy (non-hydrogen) atoms. The number of carbonyl (C=O) groups is 1. The number of amides is 1. The van der Waals surface area contributed by atoms with Crippen molar-refractivity contribution in [2.45, 2.75) is 6.54 Å². The molecule has 1 amide bonds. The number of rotatable bonds is 3. The molecular formula is C11H15N3O4. The highest BCUT2D eigenvalue weighted by Gasteiger charge is 2.29. The Hall–Kier alpha value is -1.89. The van der Waals surface area contributed by atoms with E-state index in [9.17, 15) is 14.4 Å². The Morgan fingerprint density at radius 1 is 1.44 bits per heavy atom. The third-order valence-corrected chi connectivity index (χ3v) is 3.13. The van der Waals surface area contributed by atoms with Gasteiger partial charge in [0.25, 0.3) is 5.56 Å². The summed E-state index contributed by atoms with van der Waals surface area (Å²) in [5.74, 6) is -0.0359. The summed E-state index contributed by atoms with van der Waals surface area (Å²) >= 11 is 0. The summed E-state index contributed by atoms with van der Waals surface area (Å²) in [6.45, 7) is 1.04. The smallest absolute Gasteiger partial charge is 0.331 e. The van der Waals surface area contributed by atoms with Crippen LogP contribution in [0.2, 0.25) is 0 Å². The summed E-state index contributed by atoms with van der Waals surface area (Å²) in [6.07, 6.45) is 1.33. The average Bonchev–Trinajstić information content (AvgIpc) is 2.29. The van der Waals surface area contributed by atoms with Crippen LogP contribution in [0, 0.1) is 5.92 Å². The predicted octanol–water partition coefficient (Wildman–Crippen LogP) is -2.00. The van der Waals surface area contributed by atoms with Crippen molar-refractivity contribution in [3.8, 4) is 0 Å². The Labute approximate surface area is 103 Å². The van der Waals surface area contributed by atoms with Gasteiger partial charge in [0.05, 0.1) is 0 Å². The molecule has 1 aromatic heterocycles. The van der Waals surface area contributed by atoms with Gasteiger partial charge in [-0.1, -0.05) is 0 Å². The lowest BCUT2D eigenvalue weighted by Gasteiger charge is -2.38. The molecule has 2 heterocycles. The van der Waals surface area contributed by atoms with Crippen molar-refractivity contribution < 1.29 is 9.90 Å². The number of likely N-dealkylation sites (tertiary alicyclic amines) is 1. The van der Waals surface area contributed by atoms with Crippen molar-refractivity contribution in [2.24, 2.45) is 13.0 Å². The van der Waals surface area contributed by atoms with Gasteiger partial charge in [-0.15, -0.1) is 0 Å². The molecule has 2 rings (SSSR count). The molecule has 0 radical (unpaired) electrons. The van der Waals surface area contributed by atoms with Gasteiger partial charge in [0.1, 0.15) is 6.54 Å². The van der Waals surface area contributed by atoms with Crippen LogP contribution in [0.1, 0.15) is 0 Å². The summed E-state index contributed by atoms with van der Waals surface area (Å²) in [6, 6.07) is 1.25. The van der Waals surface area contributed by atoms with Gasteiger partial charge in [-0.3, -0.25) is 18.7 Å². The minimum Gasteiger partial charge on any atom is -0.396 e. The van der Waals surface area contributed by atoms with E-state index in [0.29, 0.717) is 13.1 Å². The number of aromatic nitrogens is 2. The maximum atomic E-state index is 11.8. The van der Waals surface area contributed by atoms with Crippen LogP contribution < -0.4 is 11.2 Å². The molecule has 1 aliphatic heterocycles. The van der Waals surface area contributed by atoms with E-state index in [-0.39, 0.29) is 25.0 Å². The van der Waals surface area contributed by atoms with Gasteiger partial charge in [0, 0.05) is 44.9 Å². The molecule has 0 atom stereocenters. The lowest BCUT2D eigenvalue weighted by Crippen LogP contribution is -2.53. The standard InChI is InChI=1S/C11H15N3O4/c1-12-9(16)2-3-13(11(12)18)6-10(17)14-4-8(5-14)7-15/h2-3,8,15H,4-7H2,1H3. The Morgan fingerprint density at radius 2 is 2.11 bits per heavy atom. The summed E-state index contributed by atoms with van der Waals surface area (Å²) in [4.78, 5) is 36.3. The van der Waals surface area contributed by atoms with Crippen LogP contribution in [0.25, 0.3) is 0 Å². The maximum Gasteiger partial charge on any atom is 0.331 e. The molecule has 1 fully saturated rings. The molecule has 0 bridgehead atoms. The number of aliphatic hydroxyl groups excluding tert-OH is 1. The van der Waals surface area contributed by atoms with Crippen LogP contribution in [0.5, 0.6) is 0 Å². The molecule has 1 N–H and O–H groups in total. The van der Waals surface area contributed by atoms with E-state index in [1.54, 1.807) is 4.90 Å². The summed E-state index contributed by atoms with van der Waals surface area (Å²) in [5.41, 5.74) is -0.900. The Balaban J connectivity index is 2.07. The third-order valence-electron chi connectivity index (χ3n) is 3.13. The molecular weight excluding hydrogens is 238 g/mol. The minimum absolute atomic E-state index is 0.0730. The fraction of sp³-hybridized carbons (Fsp3) is 0.545. The number of aliphatic hydroxyl groups is 1. The lowest BCUT2D eigenvalue weighted by atomic mass is 10.0. The third kappa shape index (κ3) is 2.21. The highest BCUT2D eigenvalue weighted by atomic mass is 16.3. The van der Waals surface area contributed by atoms with E-state index in [0.717, 1.165) is 4.57 Å². The predicted molar refractivity (Wildman–Crippen MR) is 63.1 cm³/mol. The van der Waals surface area contributed by atoms with E-state index in [2.05, 4.69) is 0 Å². The number of hydrogen-bond acceptors (Lipinski definition) is 4. The number of carbonyl (C=O) groups excluding carboxylic acids is 1. The van der Waals surface area contributed by atoms with E-state index in [1.165, 1.54) is 23.9 Å². The molecule has 0 aliphatic carbocycles. The minimum atomic E-state index is -0.505. The molecule has 0 spiro atoms. The second kappa shape index (κ2) is 4.77. The molecule has 7 nitrogen and oxygen atoms in total. The molecule has 1 saturated heterocycles. The maximum absolute atomic E-state index is 11.8. The van der Waals surface area contributed by atoms with Gasteiger partial charge in [-0.05, 0) is 0 Å². The highest BCUT2D eigenvalue weighted by Crippen LogP contribution is 2.14. The average molecular weight is 253 g/mol. The zero-order valence-corrected chi connectivity index (χ0v) is 10.1. The van der Waals surface area contributed by atoms with E-state index in [1.807, 2.05) is 0 Å². The van der Waals surface area contributed by atoms with Crippen molar-refractivity contribution in [2.75, 3.05) is 19.7 Å². The van der Waals surface area contributed by atoms with E-state index < -0.39 is 11.2 Å². The Kier molecular flexibility index (Phi) is 3.33. The fourth-order valence-electron chi connectivity index (χ4n) is 1.87. The SMILES string of the molecule is Cn1c(=O)ccn(CC(=O)N2CC(CO)C2)c1=O. The van der Waals surface area contributed by atoms with Gasteiger partial charge in [0.2, 0.25) is 5.91 Å². The van der Waals surface area contributed by atoms with Crippen LogP contribution >= 0.6 is 0 Å². The van der Waals surface area contributed by atoms with Gasteiger partial charge in [-0.25, -0.2) is 4.79 Å². The molecule has 0 saturated carbocycles. The highest BCUT2D eigenvalue weighted by molar-refractivity contribution is 5.76. The summed E-state index contributed by atoms with van der Waals surface area (Å²) < 4.78 is 2.16. The van der Waals surface area contributed by atoms with Crippen molar-refractivity contribution in [1.82, 2.24) is 14.0 Å². The first-order valence-electron chi connectivity index (χ1n) is 5.68. The van der Waals surface area contributed by atoms with Crippen LogP contribution in [-0.4, -0.2) is 44.7 Å². The number of hydrogen-bond donors (Lipinski definition) is 1. The first-order chi connectivity index (χ1) is 8.52. The van der Waals surface area contributed by atoms with Crippen LogP contribution in [-0.2, 0) is 18.4 Å². The lowest BCUT2D eigenvalue weighted by molar-refractivity contribution is -0.139. The second-order valence-corrected chi connectivity index (χ2v) is 4.47. The molecule has 98 valence electrons. The monoisotopic (exact) mass is 253 g/mol. The van der Waals surface area contributed by atoms with Gasteiger partial charge in [0.15, 0.2) is 0 Å².